The van der Waals surface area contributed by atoms with Crippen LogP contribution in [0.3, 0.4) is 0 Å². The zero-order valence-electron chi connectivity index (χ0n) is 15.9. The normalized spacial score (nSPS) is 20.9. The summed E-state index contributed by atoms with van der Waals surface area (Å²) >= 11 is 0. The highest BCUT2D eigenvalue weighted by molar-refractivity contribution is 7.89. The average Bonchev–Trinajstić information content (AvgIpc) is 2.70. The van der Waals surface area contributed by atoms with E-state index >= 15 is 0 Å². The van der Waals surface area contributed by atoms with Gasteiger partial charge in [0, 0.05) is 25.9 Å². The van der Waals surface area contributed by atoms with E-state index in [9.17, 15) is 13.2 Å². The summed E-state index contributed by atoms with van der Waals surface area (Å²) in [5.74, 6) is -0.113. The number of ether oxygens (including phenoxy) is 1. The first-order valence-electron chi connectivity index (χ1n) is 9.59. The number of rotatable bonds is 6. The van der Waals surface area contributed by atoms with E-state index in [0.717, 1.165) is 32.4 Å². The number of amides is 1. The van der Waals surface area contributed by atoms with Crippen molar-refractivity contribution in [2.24, 2.45) is 5.41 Å². The Kier molecular flexibility index (Phi) is 6.52. The van der Waals surface area contributed by atoms with Gasteiger partial charge in [0.05, 0.1) is 16.9 Å². The molecule has 2 aliphatic rings. The summed E-state index contributed by atoms with van der Waals surface area (Å²) < 4.78 is 32.6. The van der Waals surface area contributed by atoms with E-state index < -0.39 is 15.4 Å². The number of hydrogen-bond donors (Lipinski definition) is 2. The van der Waals surface area contributed by atoms with Crippen molar-refractivity contribution in [2.45, 2.75) is 37.0 Å². The Labute approximate surface area is 161 Å². The number of carbonyl (C=O) groups is 1. The van der Waals surface area contributed by atoms with Crippen LogP contribution in [0.1, 0.15) is 32.1 Å². The molecule has 0 aromatic heterocycles. The molecule has 0 spiro atoms. The minimum Gasteiger partial charge on any atom is -0.384 e. The van der Waals surface area contributed by atoms with Gasteiger partial charge in [-0.15, -0.1) is 0 Å². The lowest BCUT2D eigenvalue weighted by Crippen LogP contribution is -2.47. The Hall–Kier alpha value is -1.48. The van der Waals surface area contributed by atoms with Crippen LogP contribution in [0.25, 0.3) is 0 Å². The van der Waals surface area contributed by atoms with Gasteiger partial charge in [-0.25, -0.2) is 8.42 Å². The van der Waals surface area contributed by atoms with E-state index in [2.05, 4.69) is 10.6 Å². The summed E-state index contributed by atoms with van der Waals surface area (Å²) in [5.41, 5.74) is -0.0750. The van der Waals surface area contributed by atoms with Gasteiger partial charge in [0.25, 0.3) is 0 Å². The minimum absolute atomic E-state index is 0.113. The van der Waals surface area contributed by atoms with E-state index in [1.807, 2.05) is 0 Å². The first-order chi connectivity index (χ1) is 13.0. The van der Waals surface area contributed by atoms with Gasteiger partial charge in [-0.2, -0.15) is 4.31 Å². The number of nitrogens with zero attached hydrogens (tertiary/aromatic N) is 1. The third-order valence-corrected chi connectivity index (χ3v) is 7.40. The second-order valence-electron chi connectivity index (χ2n) is 7.41. The Morgan fingerprint density at radius 1 is 1.22 bits per heavy atom. The van der Waals surface area contributed by atoms with Crippen molar-refractivity contribution in [1.82, 2.24) is 9.62 Å². The molecular weight excluding hydrogens is 366 g/mol. The van der Waals surface area contributed by atoms with Crippen LogP contribution in [0.4, 0.5) is 5.69 Å². The van der Waals surface area contributed by atoms with Crippen LogP contribution in [-0.2, 0) is 19.6 Å². The van der Waals surface area contributed by atoms with Crippen molar-refractivity contribution in [3.8, 4) is 0 Å². The smallest absolute Gasteiger partial charge is 0.243 e. The van der Waals surface area contributed by atoms with Crippen LogP contribution >= 0.6 is 0 Å². The topological polar surface area (TPSA) is 87.7 Å². The number of nitrogens with one attached hydrogen (secondary N) is 2. The molecular formula is C19H29N3O4S. The Bertz CT molecular complexity index is 748. The average molecular weight is 396 g/mol. The van der Waals surface area contributed by atoms with Crippen LogP contribution in [0.2, 0.25) is 0 Å². The molecule has 2 saturated heterocycles. The lowest BCUT2D eigenvalue weighted by atomic mass is 9.78. The highest BCUT2D eigenvalue weighted by atomic mass is 32.2. The number of carbonyl (C=O) groups excluding carboxylic acids is 1. The highest BCUT2D eigenvalue weighted by Crippen LogP contribution is 2.31. The molecule has 2 fully saturated rings. The fourth-order valence-corrected chi connectivity index (χ4v) is 5.43. The Morgan fingerprint density at radius 3 is 2.59 bits per heavy atom. The van der Waals surface area contributed by atoms with Gasteiger partial charge in [0.1, 0.15) is 0 Å². The van der Waals surface area contributed by atoms with Crippen LogP contribution in [-0.4, -0.2) is 58.5 Å². The molecule has 0 aliphatic carbocycles. The molecule has 0 radical (unpaired) electrons. The monoisotopic (exact) mass is 395 g/mol. The third kappa shape index (κ3) is 4.51. The Balaban J connectivity index is 1.78. The molecule has 3 rings (SSSR count). The van der Waals surface area contributed by atoms with E-state index in [-0.39, 0.29) is 10.8 Å². The molecule has 0 saturated carbocycles. The highest BCUT2D eigenvalue weighted by Gasteiger charge is 2.39. The molecule has 1 aromatic rings. The van der Waals surface area contributed by atoms with Crippen molar-refractivity contribution in [3.05, 3.63) is 24.3 Å². The van der Waals surface area contributed by atoms with Gasteiger partial charge in [-0.3, -0.25) is 4.79 Å². The van der Waals surface area contributed by atoms with Crippen LogP contribution < -0.4 is 10.6 Å². The lowest BCUT2D eigenvalue weighted by Gasteiger charge is -2.35. The lowest BCUT2D eigenvalue weighted by molar-refractivity contribution is -0.130. The number of anilines is 1. The molecule has 1 aromatic carbocycles. The molecule has 7 nitrogen and oxygen atoms in total. The molecule has 8 heteroatoms. The van der Waals surface area contributed by atoms with Crippen LogP contribution in [0.5, 0.6) is 0 Å². The summed E-state index contributed by atoms with van der Waals surface area (Å²) in [5, 5.41) is 6.18. The molecule has 0 atom stereocenters. The van der Waals surface area contributed by atoms with Crippen LogP contribution in [0.15, 0.2) is 29.2 Å². The fraction of sp³-hybridized carbons (Fsp3) is 0.632. The molecule has 27 heavy (non-hydrogen) atoms. The quantitative estimate of drug-likeness (QED) is 0.767. The summed E-state index contributed by atoms with van der Waals surface area (Å²) in [7, 11) is -1.92. The summed E-state index contributed by atoms with van der Waals surface area (Å²) in [6, 6.07) is 6.56. The van der Waals surface area contributed by atoms with Crippen molar-refractivity contribution >= 4 is 21.6 Å². The minimum atomic E-state index is -3.52. The summed E-state index contributed by atoms with van der Waals surface area (Å²) in [4.78, 5) is 13.2. The van der Waals surface area contributed by atoms with Crippen molar-refractivity contribution in [3.63, 3.8) is 0 Å². The van der Waals surface area contributed by atoms with Gasteiger partial charge in [0.2, 0.25) is 15.9 Å². The van der Waals surface area contributed by atoms with E-state index in [1.54, 1.807) is 31.4 Å². The number of methoxy groups -OCH3 is 1. The zero-order valence-corrected chi connectivity index (χ0v) is 16.7. The van der Waals surface area contributed by atoms with Crippen molar-refractivity contribution < 1.29 is 17.9 Å². The van der Waals surface area contributed by atoms with Gasteiger partial charge in [-0.05, 0) is 57.0 Å². The van der Waals surface area contributed by atoms with Gasteiger partial charge in [-0.1, -0.05) is 12.5 Å². The number of sulfonamides is 1. The van der Waals surface area contributed by atoms with Gasteiger partial charge in [0.15, 0.2) is 0 Å². The maximum atomic E-state index is 13.0. The first kappa shape index (κ1) is 20.3. The molecule has 0 unspecified atom stereocenters. The fourth-order valence-electron chi connectivity index (χ4n) is 3.87. The zero-order chi connectivity index (χ0) is 19.3. The number of piperidine rings is 2. The van der Waals surface area contributed by atoms with E-state index in [0.29, 0.717) is 38.2 Å². The predicted molar refractivity (Wildman–Crippen MR) is 104 cm³/mol. The SMILES string of the molecule is COCC1(C(=O)Nc2cccc(S(=O)(=O)N3CCCCC3)c2)CCNCC1. The van der Waals surface area contributed by atoms with E-state index in [4.69, 9.17) is 4.74 Å². The van der Waals surface area contributed by atoms with Crippen LogP contribution in [0, 0.1) is 5.41 Å². The molecule has 1 amide bonds. The van der Waals surface area contributed by atoms with Gasteiger partial charge >= 0.3 is 0 Å². The third-order valence-electron chi connectivity index (χ3n) is 5.51. The molecule has 2 aliphatic heterocycles. The first-order valence-corrected chi connectivity index (χ1v) is 11.0. The van der Waals surface area contributed by atoms with Gasteiger partial charge < -0.3 is 15.4 Å². The maximum Gasteiger partial charge on any atom is 0.243 e. The summed E-state index contributed by atoms with van der Waals surface area (Å²) in [6.45, 7) is 3.00. The second kappa shape index (κ2) is 8.68. The maximum absolute atomic E-state index is 13.0. The standard InChI is InChI=1S/C19H29N3O4S/c1-26-15-19(8-10-20-11-9-19)18(23)21-16-6-5-7-17(14-16)27(24,25)22-12-3-2-4-13-22/h5-7,14,20H,2-4,8-13,15H2,1H3,(H,21,23). The molecule has 150 valence electrons. The molecule has 2 N–H and O–H groups in total. The molecule has 2 heterocycles. The molecule has 0 bridgehead atoms. The largest absolute Gasteiger partial charge is 0.384 e. The van der Waals surface area contributed by atoms with Crippen molar-refractivity contribution in [1.29, 1.82) is 0 Å². The van der Waals surface area contributed by atoms with E-state index in [1.165, 1.54) is 4.31 Å². The summed E-state index contributed by atoms with van der Waals surface area (Å²) in [6.07, 6.45) is 4.24. The van der Waals surface area contributed by atoms with Crippen molar-refractivity contribution in [2.75, 3.05) is 45.2 Å². The predicted octanol–water partition coefficient (Wildman–Crippen LogP) is 1.82. The number of benzene rings is 1. The Morgan fingerprint density at radius 2 is 1.93 bits per heavy atom. The second-order valence-corrected chi connectivity index (χ2v) is 9.35. The number of hydrogen-bond acceptors (Lipinski definition) is 5.